The fraction of sp³-hybridized carbons (Fsp3) is 0.0952. The lowest BCUT2D eigenvalue weighted by Gasteiger charge is -2.09. The van der Waals surface area contributed by atoms with Crippen LogP contribution < -0.4 is 10.6 Å². The van der Waals surface area contributed by atoms with Crippen molar-refractivity contribution in [1.82, 2.24) is 4.98 Å². The molecule has 0 saturated carbocycles. The summed E-state index contributed by atoms with van der Waals surface area (Å²) in [5, 5.41) is 5.25. The number of nitrogens with zero attached hydrogens (tertiary/aromatic N) is 1. The Kier molecular flexibility index (Phi) is 5.70. The van der Waals surface area contributed by atoms with Crippen LogP contribution >= 0.6 is 11.6 Å². The molecular formula is C21H17ClFN3O2. The SMILES string of the molecule is Cc1cc(C)cc(NC(=O)c2cccc(C(=O)Nc3ccc(F)c(Cl)c3)n2)c1. The van der Waals surface area contributed by atoms with E-state index >= 15 is 0 Å². The molecule has 2 aromatic carbocycles. The van der Waals surface area contributed by atoms with Gasteiger partial charge < -0.3 is 10.6 Å². The summed E-state index contributed by atoms with van der Waals surface area (Å²) in [7, 11) is 0. The smallest absolute Gasteiger partial charge is 0.274 e. The Hall–Kier alpha value is -3.25. The third-order valence-corrected chi connectivity index (χ3v) is 4.16. The summed E-state index contributed by atoms with van der Waals surface area (Å²) in [6.07, 6.45) is 0. The van der Waals surface area contributed by atoms with E-state index in [4.69, 9.17) is 11.6 Å². The third kappa shape index (κ3) is 4.72. The van der Waals surface area contributed by atoms with E-state index in [0.29, 0.717) is 11.4 Å². The number of anilines is 2. The van der Waals surface area contributed by atoms with E-state index < -0.39 is 17.6 Å². The van der Waals surface area contributed by atoms with E-state index in [1.807, 2.05) is 32.0 Å². The molecule has 0 unspecified atom stereocenters. The Labute approximate surface area is 166 Å². The number of rotatable bonds is 4. The van der Waals surface area contributed by atoms with E-state index in [2.05, 4.69) is 15.6 Å². The van der Waals surface area contributed by atoms with Gasteiger partial charge in [-0.2, -0.15) is 0 Å². The van der Waals surface area contributed by atoms with Crippen LogP contribution in [-0.2, 0) is 0 Å². The zero-order valence-electron chi connectivity index (χ0n) is 15.2. The van der Waals surface area contributed by atoms with Gasteiger partial charge in [-0.25, -0.2) is 9.37 Å². The second kappa shape index (κ2) is 8.19. The lowest BCUT2D eigenvalue weighted by Crippen LogP contribution is -2.18. The van der Waals surface area contributed by atoms with Crippen molar-refractivity contribution in [2.24, 2.45) is 0 Å². The molecule has 0 radical (unpaired) electrons. The van der Waals surface area contributed by atoms with Crippen molar-refractivity contribution in [1.29, 1.82) is 0 Å². The molecule has 1 aromatic heterocycles. The van der Waals surface area contributed by atoms with Crippen molar-refractivity contribution in [3.8, 4) is 0 Å². The Balaban J connectivity index is 1.76. The van der Waals surface area contributed by atoms with Gasteiger partial charge in [0.2, 0.25) is 0 Å². The van der Waals surface area contributed by atoms with Crippen LogP contribution in [0, 0.1) is 19.7 Å². The number of benzene rings is 2. The predicted molar refractivity (Wildman–Crippen MR) is 107 cm³/mol. The van der Waals surface area contributed by atoms with E-state index in [0.717, 1.165) is 17.2 Å². The molecule has 2 amide bonds. The highest BCUT2D eigenvalue weighted by atomic mass is 35.5. The van der Waals surface area contributed by atoms with E-state index in [9.17, 15) is 14.0 Å². The first-order valence-corrected chi connectivity index (χ1v) is 8.83. The van der Waals surface area contributed by atoms with Crippen molar-refractivity contribution in [2.75, 3.05) is 10.6 Å². The van der Waals surface area contributed by atoms with Crippen LogP contribution in [0.25, 0.3) is 0 Å². The van der Waals surface area contributed by atoms with E-state index in [-0.39, 0.29) is 16.4 Å². The molecule has 0 aliphatic heterocycles. The van der Waals surface area contributed by atoms with Crippen LogP contribution in [0.3, 0.4) is 0 Å². The standard InChI is InChI=1S/C21H17ClFN3O2/c1-12-8-13(2)10-15(9-12)25-21(28)19-5-3-4-18(26-19)20(27)24-14-6-7-17(23)16(22)11-14/h3-11H,1-2H3,(H,24,27)(H,25,28). The van der Waals surface area contributed by atoms with Gasteiger partial charge in [0.25, 0.3) is 11.8 Å². The molecule has 3 aromatic rings. The number of aromatic nitrogens is 1. The second-order valence-electron chi connectivity index (χ2n) is 6.32. The largest absolute Gasteiger partial charge is 0.321 e. The minimum atomic E-state index is -0.581. The predicted octanol–water partition coefficient (Wildman–Crippen LogP) is 5.00. The van der Waals surface area contributed by atoms with Crippen molar-refractivity contribution in [3.63, 3.8) is 0 Å². The molecule has 0 aliphatic rings. The quantitative estimate of drug-likeness (QED) is 0.651. The van der Waals surface area contributed by atoms with Gasteiger partial charge in [-0.1, -0.05) is 23.7 Å². The highest BCUT2D eigenvalue weighted by Crippen LogP contribution is 2.20. The van der Waals surface area contributed by atoms with Crippen molar-refractivity contribution < 1.29 is 14.0 Å². The number of pyridine rings is 1. The number of carbonyl (C=O) groups excluding carboxylic acids is 2. The number of carbonyl (C=O) groups is 2. The van der Waals surface area contributed by atoms with Gasteiger partial charge in [0.1, 0.15) is 17.2 Å². The van der Waals surface area contributed by atoms with Crippen molar-refractivity contribution in [2.45, 2.75) is 13.8 Å². The first kappa shape index (κ1) is 19.5. The van der Waals surface area contributed by atoms with Crippen LogP contribution in [-0.4, -0.2) is 16.8 Å². The Morgan fingerprint density at radius 1 is 0.857 bits per heavy atom. The number of halogens is 2. The minimum Gasteiger partial charge on any atom is -0.321 e. The topological polar surface area (TPSA) is 71.1 Å². The number of aryl methyl sites for hydroxylation is 2. The fourth-order valence-electron chi connectivity index (χ4n) is 2.70. The molecule has 0 spiro atoms. The lowest BCUT2D eigenvalue weighted by atomic mass is 10.1. The molecule has 28 heavy (non-hydrogen) atoms. The van der Waals surface area contributed by atoms with Gasteiger partial charge in [-0.15, -0.1) is 0 Å². The zero-order chi connectivity index (χ0) is 20.3. The summed E-state index contributed by atoms with van der Waals surface area (Å²) >= 11 is 5.71. The summed E-state index contributed by atoms with van der Waals surface area (Å²) in [4.78, 5) is 29.0. The molecule has 0 saturated heterocycles. The average Bonchev–Trinajstić information content (AvgIpc) is 2.64. The normalized spacial score (nSPS) is 10.4. The van der Waals surface area contributed by atoms with Crippen molar-refractivity contribution >= 4 is 34.8 Å². The summed E-state index contributed by atoms with van der Waals surface area (Å²) < 4.78 is 13.2. The fourth-order valence-corrected chi connectivity index (χ4v) is 2.88. The maximum absolute atomic E-state index is 13.2. The Morgan fingerprint density at radius 2 is 1.43 bits per heavy atom. The average molecular weight is 398 g/mol. The summed E-state index contributed by atoms with van der Waals surface area (Å²) in [6, 6.07) is 14.1. The van der Waals surface area contributed by atoms with Gasteiger partial charge in [0, 0.05) is 11.4 Å². The molecular weight excluding hydrogens is 381 g/mol. The van der Waals surface area contributed by atoms with E-state index in [1.165, 1.54) is 24.3 Å². The molecule has 2 N–H and O–H groups in total. The molecule has 142 valence electrons. The highest BCUT2D eigenvalue weighted by molar-refractivity contribution is 6.31. The Bertz CT molecular complexity index is 1050. The third-order valence-electron chi connectivity index (χ3n) is 3.87. The number of hydrogen-bond donors (Lipinski definition) is 2. The van der Waals surface area contributed by atoms with Crippen LogP contribution in [0.15, 0.2) is 54.6 Å². The highest BCUT2D eigenvalue weighted by Gasteiger charge is 2.14. The molecule has 3 rings (SSSR count). The van der Waals surface area contributed by atoms with Crippen LogP contribution in [0.1, 0.15) is 32.1 Å². The summed E-state index contributed by atoms with van der Waals surface area (Å²) in [6.45, 7) is 3.88. The molecule has 0 atom stereocenters. The van der Waals surface area contributed by atoms with Gasteiger partial charge in [-0.05, 0) is 67.4 Å². The molecule has 0 aliphatic carbocycles. The number of nitrogens with one attached hydrogen (secondary N) is 2. The summed E-state index contributed by atoms with van der Waals surface area (Å²) in [5.74, 6) is -1.55. The van der Waals surface area contributed by atoms with Crippen molar-refractivity contribution in [3.05, 3.63) is 88.0 Å². The van der Waals surface area contributed by atoms with Gasteiger partial charge in [0.05, 0.1) is 5.02 Å². The first-order valence-electron chi connectivity index (χ1n) is 8.45. The summed E-state index contributed by atoms with van der Waals surface area (Å²) in [5.41, 5.74) is 3.17. The van der Waals surface area contributed by atoms with Gasteiger partial charge >= 0.3 is 0 Å². The monoisotopic (exact) mass is 397 g/mol. The van der Waals surface area contributed by atoms with E-state index in [1.54, 1.807) is 6.07 Å². The van der Waals surface area contributed by atoms with Crippen LogP contribution in [0.5, 0.6) is 0 Å². The molecule has 0 bridgehead atoms. The van der Waals surface area contributed by atoms with Gasteiger partial charge in [0.15, 0.2) is 0 Å². The number of hydrogen-bond acceptors (Lipinski definition) is 3. The molecule has 7 heteroatoms. The molecule has 1 heterocycles. The lowest BCUT2D eigenvalue weighted by molar-refractivity contribution is 0.101. The maximum Gasteiger partial charge on any atom is 0.274 e. The second-order valence-corrected chi connectivity index (χ2v) is 6.73. The van der Waals surface area contributed by atoms with Crippen LogP contribution in [0.2, 0.25) is 5.02 Å². The minimum absolute atomic E-state index is 0.0496. The molecule has 0 fully saturated rings. The Morgan fingerprint density at radius 3 is 2.00 bits per heavy atom. The maximum atomic E-state index is 13.2. The first-order chi connectivity index (χ1) is 13.3. The van der Waals surface area contributed by atoms with Crippen LogP contribution in [0.4, 0.5) is 15.8 Å². The number of amides is 2. The zero-order valence-corrected chi connectivity index (χ0v) is 16.0. The molecule has 5 nitrogen and oxygen atoms in total. The van der Waals surface area contributed by atoms with Gasteiger partial charge in [-0.3, -0.25) is 9.59 Å².